The van der Waals surface area contributed by atoms with Gasteiger partial charge in [0.15, 0.2) is 5.96 Å². The van der Waals surface area contributed by atoms with E-state index in [4.69, 9.17) is 4.74 Å². The molecule has 1 heterocycles. The summed E-state index contributed by atoms with van der Waals surface area (Å²) < 4.78 is 6.07. The third-order valence-corrected chi connectivity index (χ3v) is 4.20. The maximum atomic E-state index is 6.07. The first kappa shape index (κ1) is 19.8. The van der Waals surface area contributed by atoms with Crippen molar-refractivity contribution in [2.24, 2.45) is 4.99 Å². The molecule has 2 rings (SSSR count). The molecular weight excluding hydrogens is 324 g/mol. The Hall–Kier alpha value is -2.56. The van der Waals surface area contributed by atoms with E-state index in [0.29, 0.717) is 6.54 Å². The van der Waals surface area contributed by atoms with E-state index in [0.717, 1.165) is 42.4 Å². The van der Waals surface area contributed by atoms with Gasteiger partial charge in [-0.25, -0.2) is 0 Å². The lowest BCUT2D eigenvalue weighted by Gasteiger charge is -2.18. The van der Waals surface area contributed by atoms with Crippen LogP contribution in [0.1, 0.15) is 37.1 Å². The second-order valence-electron chi connectivity index (χ2n) is 6.37. The molecule has 140 valence electrons. The van der Waals surface area contributed by atoms with Gasteiger partial charge >= 0.3 is 0 Å². The summed E-state index contributed by atoms with van der Waals surface area (Å²) in [6.45, 7) is 7.75. The second-order valence-corrected chi connectivity index (χ2v) is 6.37. The Morgan fingerprint density at radius 3 is 2.77 bits per heavy atom. The Labute approximate surface area is 156 Å². The van der Waals surface area contributed by atoms with Crippen LogP contribution < -0.4 is 15.4 Å². The van der Waals surface area contributed by atoms with Crippen molar-refractivity contribution in [2.75, 3.05) is 13.6 Å². The quantitative estimate of drug-likeness (QED) is 0.563. The normalized spacial score (nSPS) is 12.5. The third-order valence-electron chi connectivity index (χ3n) is 4.20. The molecule has 26 heavy (non-hydrogen) atoms. The predicted molar refractivity (Wildman–Crippen MR) is 108 cm³/mol. The fraction of sp³-hybridized carbons (Fsp3) is 0.429. The lowest BCUT2D eigenvalue weighted by Crippen LogP contribution is -2.38. The Morgan fingerprint density at radius 2 is 2.08 bits per heavy atom. The molecule has 0 aliphatic carbocycles. The average molecular weight is 354 g/mol. The second kappa shape index (κ2) is 10.4. The van der Waals surface area contributed by atoms with Gasteiger partial charge in [0.2, 0.25) is 0 Å². The maximum Gasteiger partial charge on any atom is 0.191 e. The zero-order valence-corrected chi connectivity index (χ0v) is 16.2. The van der Waals surface area contributed by atoms with Crippen molar-refractivity contribution in [1.82, 2.24) is 15.6 Å². The van der Waals surface area contributed by atoms with E-state index in [-0.39, 0.29) is 6.10 Å². The van der Waals surface area contributed by atoms with E-state index in [1.54, 1.807) is 7.05 Å². The van der Waals surface area contributed by atoms with Crippen molar-refractivity contribution < 1.29 is 4.74 Å². The minimum Gasteiger partial charge on any atom is -0.490 e. The number of pyridine rings is 1. The monoisotopic (exact) mass is 354 g/mol. The number of benzene rings is 1. The number of hydrogen-bond donors (Lipinski definition) is 2. The van der Waals surface area contributed by atoms with Crippen molar-refractivity contribution in [3.05, 3.63) is 59.4 Å². The number of guanidine groups is 1. The Morgan fingerprint density at radius 1 is 1.23 bits per heavy atom. The van der Waals surface area contributed by atoms with E-state index in [2.05, 4.69) is 59.6 Å². The van der Waals surface area contributed by atoms with Gasteiger partial charge in [-0.2, -0.15) is 0 Å². The molecule has 2 aromatic rings. The number of rotatable bonds is 8. The molecule has 0 fully saturated rings. The fourth-order valence-electron chi connectivity index (χ4n) is 2.47. The largest absolute Gasteiger partial charge is 0.490 e. The van der Waals surface area contributed by atoms with Crippen LogP contribution in [0.3, 0.4) is 0 Å². The summed E-state index contributed by atoms with van der Waals surface area (Å²) in [7, 11) is 1.78. The lowest BCUT2D eigenvalue weighted by molar-refractivity contribution is 0.215. The lowest BCUT2D eigenvalue weighted by atomic mass is 10.1. The molecule has 1 aromatic heterocycles. The Balaban J connectivity index is 1.89. The standard InChI is InChI=1S/C21H30N4O/c1-5-17(3)26-20-14-16(2)9-10-18(20)15-25-21(22-4)24-13-11-19-8-6-7-12-23-19/h6-10,12,14,17H,5,11,13,15H2,1-4H3,(H2,22,24,25). The SMILES string of the molecule is CCC(C)Oc1cc(C)ccc1CNC(=NC)NCCc1ccccn1. The summed E-state index contributed by atoms with van der Waals surface area (Å²) in [6, 6.07) is 12.3. The van der Waals surface area contributed by atoms with E-state index >= 15 is 0 Å². The van der Waals surface area contributed by atoms with Crippen LogP contribution in [0.2, 0.25) is 0 Å². The smallest absolute Gasteiger partial charge is 0.191 e. The van der Waals surface area contributed by atoms with E-state index < -0.39 is 0 Å². The molecule has 0 aliphatic rings. The molecule has 1 unspecified atom stereocenters. The van der Waals surface area contributed by atoms with Crippen LogP contribution in [-0.2, 0) is 13.0 Å². The molecule has 0 saturated carbocycles. The first-order valence-electron chi connectivity index (χ1n) is 9.23. The van der Waals surface area contributed by atoms with Gasteiger partial charge in [0.05, 0.1) is 6.10 Å². The minimum absolute atomic E-state index is 0.200. The van der Waals surface area contributed by atoms with Crippen LogP contribution in [0.5, 0.6) is 5.75 Å². The van der Waals surface area contributed by atoms with Gasteiger partial charge in [-0.05, 0) is 44.0 Å². The van der Waals surface area contributed by atoms with Gasteiger partial charge in [0.25, 0.3) is 0 Å². The molecule has 1 aromatic carbocycles. The summed E-state index contributed by atoms with van der Waals surface area (Å²) in [4.78, 5) is 8.63. The molecule has 2 N–H and O–H groups in total. The molecule has 5 heteroatoms. The summed E-state index contributed by atoms with van der Waals surface area (Å²) in [6.07, 6.45) is 3.86. The molecule has 0 saturated heterocycles. The zero-order valence-electron chi connectivity index (χ0n) is 16.2. The zero-order chi connectivity index (χ0) is 18.8. The molecule has 5 nitrogen and oxygen atoms in total. The molecule has 0 spiro atoms. The van der Waals surface area contributed by atoms with E-state index in [9.17, 15) is 0 Å². The Bertz CT molecular complexity index is 700. The molecule has 0 radical (unpaired) electrons. The molecule has 0 amide bonds. The van der Waals surface area contributed by atoms with Gasteiger partial charge < -0.3 is 15.4 Å². The van der Waals surface area contributed by atoms with Crippen molar-refractivity contribution in [1.29, 1.82) is 0 Å². The summed E-state index contributed by atoms with van der Waals surface area (Å²) in [5.41, 5.74) is 3.40. The highest BCUT2D eigenvalue weighted by molar-refractivity contribution is 5.79. The highest BCUT2D eigenvalue weighted by Crippen LogP contribution is 2.22. The topological polar surface area (TPSA) is 58.5 Å². The van der Waals surface area contributed by atoms with Crippen molar-refractivity contribution in [3.63, 3.8) is 0 Å². The summed E-state index contributed by atoms with van der Waals surface area (Å²) in [5.74, 6) is 1.71. The van der Waals surface area contributed by atoms with Crippen LogP contribution in [-0.4, -0.2) is 30.6 Å². The number of hydrogen-bond acceptors (Lipinski definition) is 3. The maximum absolute atomic E-state index is 6.07. The van der Waals surface area contributed by atoms with Gasteiger partial charge in [-0.15, -0.1) is 0 Å². The molecule has 0 aliphatic heterocycles. The first-order valence-corrected chi connectivity index (χ1v) is 9.23. The molecular formula is C21H30N4O. The highest BCUT2D eigenvalue weighted by Gasteiger charge is 2.08. The van der Waals surface area contributed by atoms with Crippen LogP contribution >= 0.6 is 0 Å². The van der Waals surface area contributed by atoms with Crippen molar-refractivity contribution >= 4 is 5.96 Å². The van der Waals surface area contributed by atoms with Crippen LogP contribution in [0, 0.1) is 6.92 Å². The number of ether oxygens (including phenoxy) is 1. The number of nitrogens with one attached hydrogen (secondary N) is 2. The number of aryl methyl sites for hydroxylation is 1. The number of aromatic nitrogens is 1. The predicted octanol–water partition coefficient (Wildman–Crippen LogP) is 3.48. The number of aliphatic imine (C=N–C) groups is 1. The average Bonchev–Trinajstić information content (AvgIpc) is 2.66. The van der Waals surface area contributed by atoms with Crippen molar-refractivity contribution in [3.8, 4) is 5.75 Å². The summed E-state index contributed by atoms with van der Waals surface area (Å²) >= 11 is 0. The minimum atomic E-state index is 0.200. The Kier molecular flexibility index (Phi) is 7.93. The summed E-state index contributed by atoms with van der Waals surface area (Å²) in [5, 5.41) is 6.69. The van der Waals surface area contributed by atoms with Gasteiger partial charge in [0, 0.05) is 44.0 Å². The van der Waals surface area contributed by atoms with Crippen molar-refractivity contribution in [2.45, 2.75) is 46.3 Å². The highest BCUT2D eigenvalue weighted by atomic mass is 16.5. The third kappa shape index (κ3) is 6.39. The van der Waals surface area contributed by atoms with Crippen LogP contribution in [0.25, 0.3) is 0 Å². The molecule has 0 bridgehead atoms. The van der Waals surface area contributed by atoms with Gasteiger partial charge in [0.1, 0.15) is 5.75 Å². The van der Waals surface area contributed by atoms with Gasteiger partial charge in [-0.1, -0.05) is 25.1 Å². The fourth-order valence-corrected chi connectivity index (χ4v) is 2.47. The van der Waals surface area contributed by atoms with E-state index in [1.807, 2.05) is 24.4 Å². The first-order chi connectivity index (χ1) is 12.6. The molecule has 1 atom stereocenters. The van der Waals surface area contributed by atoms with Crippen LogP contribution in [0.15, 0.2) is 47.6 Å². The van der Waals surface area contributed by atoms with E-state index in [1.165, 1.54) is 5.56 Å². The number of nitrogens with zero attached hydrogens (tertiary/aromatic N) is 2. The van der Waals surface area contributed by atoms with Gasteiger partial charge in [-0.3, -0.25) is 9.98 Å². The van der Waals surface area contributed by atoms with Crippen LogP contribution in [0.4, 0.5) is 0 Å².